The van der Waals surface area contributed by atoms with E-state index >= 15 is 0 Å². The van der Waals surface area contributed by atoms with E-state index in [1.807, 2.05) is 13.8 Å². The molecule has 0 saturated heterocycles. The Bertz CT molecular complexity index is 1430. The normalized spacial score (nSPS) is 12.1. The molecule has 0 aromatic heterocycles. The van der Waals surface area contributed by atoms with Crippen molar-refractivity contribution < 1.29 is 22.4 Å². The summed E-state index contributed by atoms with van der Waals surface area (Å²) in [6.45, 7) is 7.13. The van der Waals surface area contributed by atoms with Crippen LogP contribution in [-0.2, 0) is 26.2 Å². The van der Waals surface area contributed by atoms with Gasteiger partial charge < -0.3 is 10.2 Å². The van der Waals surface area contributed by atoms with Gasteiger partial charge in [0, 0.05) is 18.1 Å². The fourth-order valence-corrected chi connectivity index (χ4v) is 5.91. The third kappa shape index (κ3) is 7.61. The van der Waals surface area contributed by atoms with E-state index in [0.29, 0.717) is 35.5 Å². The molecule has 3 rings (SSSR count). The number of rotatable bonds is 12. The third-order valence-corrected chi connectivity index (χ3v) is 8.54. The molecule has 0 bridgehead atoms. The number of carbonyl (C=O) groups is 2. The van der Waals surface area contributed by atoms with Crippen LogP contribution in [0.4, 0.5) is 10.1 Å². The van der Waals surface area contributed by atoms with Crippen molar-refractivity contribution in [1.29, 1.82) is 0 Å². The second-order valence-electron chi connectivity index (χ2n) is 9.62. The Balaban J connectivity index is 2.09. The minimum Gasteiger partial charge on any atom is -0.354 e. The van der Waals surface area contributed by atoms with Crippen molar-refractivity contribution in [3.63, 3.8) is 0 Å². The summed E-state index contributed by atoms with van der Waals surface area (Å²) < 4.78 is 42.6. The quantitative estimate of drug-likeness (QED) is 0.298. The summed E-state index contributed by atoms with van der Waals surface area (Å²) in [5.74, 6) is -1.36. The summed E-state index contributed by atoms with van der Waals surface area (Å²) in [5, 5.41) is 3.15. The van der Waals surface area contributed by atoms with Crippen molar-refractivity contribution in [3.05, 3.63) is 94.3 Å². The van der Waals surface area contributed by atoms with Crippen LogP contribution < -0.4 is 9.62 Å². The van der Waals surface area contributed by atoms with Gasteiger partial charge in [0.1, 0.15) is 18.4 Å². The van der Waals surface area contributed by atoms with Gasteiger partial charge in [-0.3, -0.25) is 13.9 Å². The van der Waals surface area contributed by atoms with E-state index in [1.54, 1.807) is 38.1 Å². The van der Waals surface area contributed by atoms with Crippen LogP contribution in [-0.4, -0.2) is 44.3 Å². The zero-order chi connectivity index (χ0) is 29.4. The van der Waals surface area contributed by atoms with Gasteiger partial charge in [0.2, 0.25) is 11.8 Å². The number of nitrogens with zero attached hydrogens (tertiary/aromatic N) is 2. The molecule has 7 nitrogen and oxygen atoms in total. The maximum absolute atomic E-state index is 14.0. The monoisotopic (exact) mass is 587 g/mol. The van der Waals surface area contributed by atoms with Gasteiger partial charge in [-0.25, -0.2) is 12.8 Å². The topological polar surface area (TPSA) is 86.8 Å². The Morgan fingerprint density at radius 1 is 0.975 bits per heavy atom. The summed E-state index contributed by atoms with van der Waals surface area (Å²) in [6, 6.07) is 15.9. The minimum atomic E-state index is -4.21. The summed E-state index contributed by atoms with van der Waals surface area (Å²) in [7, 11) is -4.21. The second-order valence-corrected chi connectivity index (χ2v) is 11.9. The largest absolute Gasteiger partial charge is 0.354 e. The van der Waals surface area contributed by atoms with Crippen molar-refractivity contribution in [2.75, 3.05) is 17.4 Å². The van der Waals surface area contributed by atoms with Crippen LogP contribution in [0, 0.1) is 19.7 Å². The lowest BCUT2D eigenvalue weighted by Gasteiger charge is -2.33. The summed E-state index contributed by atoms with van der Waals surface area (Å²) in [5.41, 5.74) is 2.34. The van der Waals surface area contributed by atoms with Crippen LogP contribution in [0.1, 0.15) is 43.4 Å². The number of halogens is 2. The Labute approximate surface area is 241 Å². The molecule has 0 spiro atoms. The molecule has 0 saturated carbocycles. The van der Waals surface area contributed by atoms with Crippen LogP contribution in [0.5, 0.6) is 0 Å². The van der Waals surface area contributed by atoms with Crippen molar-refractivity contribution in [2.24, 2.45) is 0 Å². The molecule has 0 unspecified atom stereocenters. The molecule has 10 heteroatoms. The molecule has 0 heterocycles. The minimum absolute atomic E-state index is 0.00981. The average Bonchev–Trinajstić information content (AvgIpc) is 2.93. The fourth-order valence-electron chi connectivity index (χ4n) is 4.27. The molecule has 214 valence electrons. The summed E-state index contributed by atoms with van der Waals surface area (Å²) in [4.78, 5) is 28.5. The molecule has 0 radical (unpaired) electrons. The zero-order valence-corrected chi connectivity index (χ0v) is 24.7. The average molecular weight is 588 g/mol. The van der Waals surface area contributed by atoms with Crippen LogP contribution in [0.15, 0.2) is 71.6 Å². The number of benzene rings is 3. The van der Waals surface area contributed by atoms with Crippen LogP contribution >= 0.6 is 11.6 Å². The number of hydrogen-bond acceptors (Lipinski definition) is 4. The molecule has 0 aliphatic carbocycles. The van der Waals surface area contributed by atoms with Crippen LogP contribution in [0.2, 0.25) is 5.02 Å². The maximum atomic E-state index is 14.0. The van der Waals surface area contributed by atoms with E-state index in [-0.39, 0.29) is 23.0 Å². The van der Waals surface area contributed by atoms with Crippen molar-refractivity contribution >= 4 is 39.1 Å². The zero-order valence-electron chi connectivity index (χ0n) is 23.2. The standard InChI is InChI=1S/C30H35ClFN3O4S/c1-5-17-33-30(37)27(6-2)34(19-23-10-13-25(32)14-11-23)29(36)20-35(28-18-24(31)12-9-22(28)4)40(38,39)26-15-7-21(3)8-16-26/h7-16,18,27H,5-6,17,19-20H2,1-4H3,(H,33,37)/t27-/m1/s1. The Kier molecular flexibility index (Phi) is 10.7. The lowest BCUT2D eigenvalue weighted by Crippen LogP contribution is -2.52. The smallest absolute Gasteiger partial charge is 0.264 e. The summed E-state index contributed by atoms with van der Waals surface area (Å²) in [6.07, 6.45) is 1.01. The van der Waals surface area contributed by atoms with Crippen molar-refractivity contribution in [3.8, 4) is 0 Å². The van der Waals surface area contributed by atoms with Crippen LogP contribution in [0.3, 0.4) is 0 Å². The van der Waals surface area contributed by atoms with Crippen molar-refractivity contribution in [2.45, 2.75) is 58.0 Å². The lowest BCUT2D eigenvalue weighted by molar-refractivity contribution is -0.140. The molecule has 0 aliphatic heterocycles. The second kappa shape index (κ2) is 13.8. The number of anilines is 1. The number of aryl methyl sites for hydroxylation is 2. The van der Waals surface area contributed by atoms with E-state index < -0.39 is 34.3 Å². The molecule has 1 N–H and O–H groups in total. The highest BCUT2D eigenvalue weighted by Crippen LogP contribution is 2.30. The first-order valence-corrected chi connectivity index (χ1v) is 15.0. The van der Waals surface area contributed by atoms with E-state index in [2.05, 4.69) is 5.32 Å². The first-order chi connectivity index (χ1) is 19.0. The van der Waals surface area contributed by atoms with Gasteiger partial charge in [-0.1, -0.05) is 61.3 Å². The number of amides is 2. The van der Waals surface area contributed by atoms with Crippen molar-refractivity contribution in [1.82, 2.24) is 10.2 Å². The predicted octanol–water partition coefficient (Wildman–Crippen LogP) is 5.62. The molecule has 0 fully saturated rings. The van der Waals surface area contributed by atoms with Gasteiger partial charge in [-0.05, 0) is 74.2 Å². The van der Waals surface area contributed by atoms with Gasteiger partial charge in [-0.15, -0.1) is 0 Å². The van der Waals surface area contributed by atoms with Gasteiger partial charge in [-0.2, -0.15) is 0 Å². The lowest BCUT2D eigenvalue weighted by atomic mass is 10.1. The van der Waals surface area contributed by atoms with Gasteiger partial charge in [0.15, 0.2) is 0 Å². The fraction of sp³-hybridized carbons (Fsp3) is 0.333. The molecule has 1 atom stereocenters. The Morgan fingerprint density at radius 3 is 2.23 bits per heavy atom. The first-order valence-electron chi connectivity index (χ1n) is 13.1. The van der Waals surface area contributed by atoms with Gasteiger partial charge in [0.05, 0.1) is 10.6 Å². The molecular formula is C30H35ClFN3O4S. The number of carbonyl (C=O) groups excluding carboxylic acids is 2. The molecule has 40 heavy (non-hydrogen) atoms. The van der Waals surface area contributed by atoms with E-state index in [1.165, 1.54) is 47.4 Å². The third-order valence-electron chi connectivity index (χ3n) is 6.53. The van der Waals surface area contributed by atoms with Gasteiger partial charge >= 0.3 is 0 Å². The SMILES string of the molecule is CCCNC(=O)[C@@H](CC)N(Cc1ccc(F)cc1)C(=O)CN(c1cc(Cl)ccc1C)S(=O)(=O)c1ccc(C)cc1. The van der Waals surface area contributed by atoms with Crippen LogP contribution in [0.25, 0.3) is 0 Å². The Hall–Kier alpha value is -3.43. The number of nitrogens with one attached hydrogen (secondary N) is 1. The molecule has 3 aromatic carbocycles. The highest BCUT2D eigenvalue weighted by atomic mass is 35.5. The first kappa shape index (κ1) is 31.1. The molecular weight excluding hydrogens is 553 g/mol. The molecule has 0 aliphatic rings. The molecule has 3 aromatic rings. The van der Waals surface area contributed by atoms with E-state index in [0.717, 1.165) is 9.87 Å². The summed E-state index contributed by atoms with van der Waals surface area (Å²) >= 11 is 6.26. The number of hydrogen-bond donors (Lipinski definition) is 1. The predicted molar refractivity (Wildman–Crippen MR) is 156 cm³/mol. The highest BCUT2D eigenvalue weighted by molar-refractivity contribution is 7.92. The number of sulfonamides is 1. The Morgan fingerprint density at radius 2 is 1.62 bits per heavy atom. The highest BCUT2D eigenvalue weighted by Gasteiger charge is 2.34. The maximum Gasteiger partial charge on any atom is 0.264 e. The molecule has 2 amide bonds. The van der Waals surface area contributed by atoms with E-state index in [4.69, 9.17) is 11.6 Å². The van der Waals surface area contributed by atoms with E-state index in [9.17, 15) is 22.4 Å². The van der Waals surface area contributed by atoms with Gasteiger partial charge in [0.25, 0.3) is 10.0 Å².